The second kappa shape index (κ2) is 22.1. The molecule has 0 bridgehead atoms. The number of benzene rings is 14. The molecule has 0 amide bonds. The molecule has 16 rings (SSSR count). The molecule has 0 aliphatic heterocycles. The molecule has 416 valence electrons. The van der Waals surface area contributed by atoms with Crippen LogP contribution >= 0.6 is 0 Å². The molecule has 2 heterocycles. The molecular weight excluding hydrogens is 1070 g/mol. The van der Waals surface area contributed by atoms with E-state index in [0.29, 0.717) is 0 Å². The van der Waals surface area contributed by atoms with E-state index in [1.54, 1.807) is 7.11 Å². The molecule has 0 saturated heterocycles. The van der Waals surface area contributed by atoms with Crippen molar-refractivity contribution in [2.24, 2.45) is 0 Å². The standard InChI is InChI=1S/C83H58N4O/c1-88-73-51-49-70(50-52-73)85(66-18-6-3-7-19-66)68-41-29-58(30-42-68)60-33-45-72(46-34-60)87-82-26-13-10-22-78(82)79-56-63(38-54-83(79)87)62-37-53-75-64(55-62)15-14-23-74(75)61-35-47-69(48-36-61)84(65-16-4-2-5-17-65)67-39-27-57(28-40-67)59-31-43-71(44-32-59)86-80-24-11-8-20-76(80)77-21-9-12-25-81(77)86/h2-56H,1H3. The number of rotatable bonds is 13. The maximum Gasteiger partial charge on any atom is 0.119 e. The number of nitrogens with zero attached hydrogens (tertiary/aromatic N) is 4. The third kappa shape index (κ3) is 9.30. The molecule has 0 fully saturated rings. The first-order valence-corrected chi connectivity index (χ1v) is 30.0. The van der Waals surface area contributed by atoms with E-state index in [1.165, 1.54) is 87.8 Å². The number of hydrogen-bond donors (Lipinski definition) is 0. The fourth-order valence-corrected chi connectivity index (χ4v) is 13.1. The van der Waals surface area contributed by atoms with Crippen LogP contribution in [-0.2, 0) is 0 Å². The van der Waals surface area contributed by atoms with E-state index in [0.717, 1.165) is 62.4 Å². The maximum absolute atomic E-state index is 5.47. The fraction of sp³-hybridized carbons (Fsp3) is 0.0120. The second-order valence-corrected chi connectivity index (χ2v) is 22.5. The highest BCUT2D eigenvalue weighted by atomic mass is 16.5. The summed E-state index contributed by atoms with van der Waals surface area (Å²) in [6, 6.07) is 121. The lowest BCUT2D eigenvalue weighted by atomic mass is 9.94. The molecular formula is C83H58N4O. The van der Waals surface area contributed by atoms with Gasteiger partial charge in [0.1, 0.15) is 5.75 Å². The Hall–Kier alpha value is -11.7. The van der Waals surface area contributed by atoms with Crippen molar-refractivity contribution in [3.8, 4) is 61.6 Å². The van der Waals surface area contributed by atoms with Crippen molar-refractivity contribution in [1.29, 1.82) is 0 Å². The van der Waals surface area contributed by atoms with Crippen LogP contribution < -0.4 is 14.5 Å². The maximum atomic E-state index is 5.47. The third-order valence-electron chi connectivity index (χ3n) is 17.4. The Morgan fingerprint density at radius 1 is 0.239 bits per heavy atom. The highest BCUT2D eigenvalue weighted by molar-refractivity contribution is 6.11. The summed E-state index contributed by atoms with van der Waals surface area (Å²) in [6.07, 6.45) is 0. The minimum atomic E-state index is 0.832. The topological polar surface area (TPSA) is 25.6 Å². The van der Waals surface area contributed by atoms with Crippen molar-refractivity contribution >= 4 is 88.5 Å². The summed E-state index contributed by atoms with van der Waals surface area (Å²) >= 11 is 0. The van der Waals surface area contributed by atoms with E-state index in [4.69, 9.17) is 4.74 Å². The zero-order chi connectivity index (χ0) is 58.5. The molecule has 0 N–H and O–H groups in total. The summed E-state index contributed by atoms with van der Waals surface area (Å²) in [5.74, 6) is 0.832. The van der Waals surface area contributed by atoms with E-state index >= 15 is 0 Å². The first-order valence-electron chi connectivity index (χ1n) is 30.0. The zero-order valence-electron chi connectivity index (χ0n) is 48.5. The molecule has 0 radical (unpaired) electrons. The molecule has 0 aliphatic carbocycles. The average Bonchev–Trinajstić information content (AvgIpc) is 1.96. The summed E-state index contributed by atoms with van der Waals surface area (Å²) in [5, 5.41) is 7.41. The van der Waals surface area contributed by atoms with Gasteiger partial charge in [0.15, 0.2) is 0 Å². The van der Waals surface area contributed by atoms with Crippen molar-refractivity contribution in [2.75, 3.05) is 16.9 Å². The fourth-order valence-electron chi connectivity index (χ4n) is 13.1. The van der Waals surface area contributed by atoms with Crippen molar-refractivity contribution in [2.45, 2.75) is 0 Å². The Balaban J connectivity index is 0.654. The zero-order valence-corrected chi connectivity index (χ0v) is 48.5. The molecule has 5 heteroatoms. The number of ether oxygens (including phenoxy) is 1. The number of aromatic nitrogens is 2. The normalized spacial score (nSPS) is 11.5. The predicted octanol–water partition coefficient (Wildman–Crippen LogP) is 22.7. The Morgan fingerprint density at radius 2 is 0.591 bits per heavy atom. The van der Waals surface area contributed by atoms with E-state index in [-0.39, 0.29) is 0 Å². The van der Waals surface area contributed by atoms with Crippen LogP contribution in [0.15, 0.2) is 334 Å². The summed E-state index contributed by atoms with van der Waals surface area (Å²) < 4.78 is 10.2. The van der Waals surface area contributed by atoms with E-state index in [9.17, 15) is 0 Å². The molecule has 16 aromatic rings. The Kier molecular flexibility index (Phi) is 13.0. The second-order valence-electron chi connectivity index (χ2n) is 22.5. The van der Waals surface area contributed by atoms with Crippen molar-refractivity contribution in [1.82, 2.24) is 9.13 Å². The minimum Gasteiger partial charge on any atom is -0.497 e. The summed E-state index contributed by atoms with van der Waals surface area (Å²) in [7, 11) is 1.70. The Morgan fingerprint density at radius 3 is 1.06 bits per heavy atom. The first-order chi connectivity index (χ1) is 43.6. The van der Waals surface area contributed by atoms with E-state index in [2.05, 4.69) is 340 Å². The monoisotopic (exact) mass is 1130 g/mol. The van der Waals surface area contributed by atoms with Crippen molar-refractivity contribution < 1.29 is 4.74 Å². The molecule has 14 aromatic carbocycles. The van der Waals surface area contributed by atoms with Gasteiger partial charge >= 0.3 is 0 Å². The van der Waals surface area contributed by atoms with Crippen molar-refractivity contribution in [3.63, 3.8) is 0 Å². The molecule has 2 aromatic heterocycles. The Bertz CT molecular complexity index is 5130. The van der Waals surface area contributed by atoms with Crippen LogP contribution in [0.1, 0.15) is 0 Å². The highest BCUT2D eigenvalue weighted by Crippen LogP contribution is 2.42. The molecule has 0 unspecified atom stereocenters. The van der Waals surface area contributed by atoms with Crippen LogP contribution in [0, 0.1) is 0 Å². The van der Waals surface area contributed by atoms with Gasteiger partial charge in [-0.15, -0.1) is 0 Å². The van der Waals surface area contributed by atoms with Gasteiger partial charge < -0.3 is 23.7 Å². The van der Waals surface area contributed by atoms with Gasteiger partial charge in [0.05, 0.1) is 29.2 Å². The number of fused-ring (bicyclic) bond motifs is 7. The van der Waals surface area contributed by atoms with Crippen LogP contribution in [0.2, 0.25) is 0 Å². The molecule has 5 nitrogen and oxygen atoms in total. The predicted molar refractivity (Wildman–Crippen MR) is 370 cm³/mol. The SMILES string of the molecule is COc1ccc(N(c2ccccc2)c2ccc(-c3ccc(-n4c5ccccc5c5cc(-c6ccc7c(-c8ccc(N(c9ccccc9)c9ccc(-c%10ccc(-n%11c%12ccccc%12c%12ccccc%12%11)cc%10)cc9)cc8)cccc7c6)ccc54)cc3)cc2)cc1. The van der Waals surface area contributed by atoms with Crippen LogP contribution in [-0.4, -0.2) is 16.2 Å². The molecule has 0 atom stereocenters. The number of hydrogen-bond acceptors (Lipinski definition) is 3. The van der Waals surface area contributed by atoms with Gasteiger partial charge in [-0.3, -0.25) is 0 Å². The number of anilines is 6. The number of methoxy groups -OCH3 is 1. The van der Waals surface area contributed by atoms with E-state index < -0.39 is 0 Å². The quantitative estimate of drug-likeness (QED) is 0.115. The highest BCUT2D eigenvalue weighted by Gasteiger charge is 2.19. The van der Waals surface area contributed by atoms with Gasteiger partial charge in [0, 0.05) is 67.0 Å². The summed E-state index contributed by atoms with van der Waals surface area (Å²) in [5.41, 5.74) is 23.0. The Labute approximate surface area is 511 Å². The average molecular weight is 1130 g/mol. The lowest BCUT2D eigenvalue weighted by Gasteiger charge is -2.26. The van der Waals surface area contributed by atoms with Crippen LogP contribution in [0.4, 0.5) is 34.1 Å². The van der Waals surface area contributed by atoms with Gasteiger partial charge in [-0.2, -0.15) is 0 Å². The molecule has 88 heavy (non-hydrogen) atoms. The minimum absolute atomic E-state index is 0.832. The largest absolute Gasteiger partial charge is 0.497 e. The van der Waals surface area contributed by atoms with Crippen molar-refractivity contribution in [3.05, 3.63) is 334 Å². The van der Waals surface area contributed by atoms with E-state index in [1.807, 2.05) is 12.1 Å². The smallest absolute Gasteiger partial charge is 0.119 e. The number of para-hydroxylation sites is 5. The van der Waals surface area contributed by atoms with Gasteiger partial charge in [-0.1, -0.05) is 188 Å². The van der Waals surface area contributed by atoms with Gasteiger partial charge in [-0.25, -0.2) is 0 Å². The van der Waals surface area contributed by atoms with Gasteiger partial charge in [0.25, 0.3) is 0 Å². The summed E-state index contributed by atoms with van der Waals surface area (Å²) in [6.45, 7) is 0. The first kappa shape index (κ1) is 51.9. The van der Waals surface area contributed by atoms with Crippen LogP contribution in [0.25, 0.3) is 110 Å². The van der Waals surface area contributed by atoms with Crippen LogP contribution in [0.3, 0.4) is 0 Å². The molecule has 0 saturated carbocycles. The van der Waals surface area contributed by atoms with Gasteiger partial charge in [0.2, 0.25) is 0 Å². The summed E-state index contributed by atoms with van der Waals surface area (Å²) in [4.78, 5) is 4.61. The lowest BCUT2D eigenvalue weighted by molar-refractivity contribution is 0.415. The third-order valence-corrected chi connectivity index (χ3v) is 17.4. The molecule has 0 aliphatic rings. The van der Waals surface area contributed by atoms with Crippen LogP contribution in [0.5, 0.6) is 5.75 Å². The lowest BCUT2D eigenvalue weighted by Crippen LogP contribution is -2.09. The van der Waals surface area contributed by atoms with Gasteiger partial charge in [-0.05, 0) is 201 Å². The molecule has 0 spiro atoms.